The van der Waals surface area contributed by atoms with E-state index in [4.69, 9.17) is 5.11 Å². The molecule has 0 aromatic carbocycles. The number of hydrogen-bond donors (Lipinski definition) is 1. The number of imide groups is 1. The molecule has 0 aliphatic carbocycles. The van der Waals surface area contributed by atoms with Crippen molar-refractivity contribution in [2.75, 3.05) is 6.54 Å². The van der Waals surface area contributed by atoms with Crippen LogP contribution in [0.3, 0.4) is 0 Å². The molecule has 0 bridgehead atoms. The molecule has 8 nitrogen and oxygen atoms in total. The molecule has 1 N–H and O–H groups in total. The first-order valence-corrected chi connectivity index (χ1v) is 6.85. The van der Waals surface area contributed by atoms with E-state index < -0.39 is 17.9 Å². The Balaban J connectivity index is 2.18. The summed E-state index contributed by atoms with van der Waals surface area (Å²) in [5.41, 5.74) is 0.714. The fourth-order valence-corrected chi connectivity index (χ4v) is 2.30. The highest BCUT2D eigenvalue weighted by atomic mass is 79.9. The second-order valence-electron chi connectivity index (χ2n) is 4.21. The Labute approximate surface area is 128 Å². The van der Waals surface area contributed by atoms with Gasteiger partial charge in [0.2, 0.25) is 0 Å². The molecule has 3 amide bonds. The van der Waals surface area contributed by atoms with E-state index in [1.165, 1.54) is 23.7 Å². The van der Waals surface area contributed by atoms with Gasteiger partial charge in [0, 0.05) is 29.5 Å². The van der Waals surface area contributed by atoms with Crippen molar-refractivity contribution >= 4 is 33.8 Å². The zero-order valence-corrected chi connectivity index (χ0v) is 12.4. The number of carboxylic acid groups (broad SMARTS) is 1. The zero-order valence-electron chi connectivity index (χ0n) is 10.8. The second-order valence-corrected chi connectivity index (χ2v) is 4.67. The molecule has 2 rings (SSSR count). The van der Waals surface area contributed by atoms with Crippen molar-refractivity contribution in [1.82, 2.24) is 19.8 Å². The first kappa shape index (κ1) is 15.1. The molecule has 0 saturated carbocycles. The lowest BCUT2D eigenvalue weighted by Crippen LogP contribution is -2.33. The molecular formula is C12H11BrN4O4. The van der Waals surface area contributed by atoms with Crippen molar-refractivity contribution in [3.05, 3.63) is 35.0 Å². The zero-order chi connectivity index (χ0) is 15.4. The van der Waals surface area contributed by atoms with Crippen LogP contribution in [-0.4, -0.2) is 49.3 Å². The van der Waals surface area contributed by atoms with Crippen LogP contribution in [0, 0.1) is 0 Å². The fraction of sp³-hybridized carbons (Fsp3) is 0.250. The van der Waals surface area contributed by atoms with Gasteiger partial charge in [-0.15, -0.1) is 0 Å². The highest BCUT2D eigenvalue weighted by Crippen LogP contribution is 2.24. The normalized spacial score (nSPS) is 16.9. The molecule has 0 radical (unpaired) electrons. The molecular weight excluding hydrogens is 344 g/mol. The Morgan fingerprint density at radius 3 is 2.52 bits per heavy atom. The van der Waals surface area contributed by atoms with E-state index in [1.807, 2.05) is 0 Å². The van der Waals surface area contributed by atoms with Gasteiger partial charge in [-0.2, -0.15) is 0 Å². The van der Waals surface area contributed by atoms with Gasteiger partial charge in [-0.25, -0.2) is 14.8 Å². The summed E-state index contributed by atoms with van der Waals surface area (Å²) in [7, 11) is 0. The number of carboxylic acids is 1. The summed E-state index contributed by atoms with van der Waals surface area (Å²) in [5, 5.41) is 8.70. The van der Waals surface area contributed by atoms with Crippen molar-refractivity contribution in [3.8, 4) is 0 Å². The van der Waals surface area contributed by atoms with E-state index in [-0.39, 0.29) is 25.2 Å². The molecule has 2 heterocycles. The Bertz CT molecular complexity index is 605. The fourth-order valence-electron chi connectivity index (χ4n) is 1.85. The standard InChI is InChI=1S/C12H11BrN4O4/c13-3-9-11(20)17(6-8-4-14-7-15-5-8)12(21)16(9)2-1-10(18)19/h3-5,7H,1-2,6H2,(H,18,19)/b9-3-. The molecule has 21 heavy (non-hydrogen) atoms. The number of rotatable bonds is 5. The van der Waals surface area contributed by atoms with E-state index in [9.17, 15) is 14.4 Å². The van der Waals surface area contributed by atoms with E-state index in [1.54, 1.807) is 0 Å². The topological polar surface area (TPSA) is 104 Å². The maximum Gasteiger partial charge on any atom is 0.332 e. The molecule has 110 valence electrons. The Kier molecular flexibility index (Phi) is 4.63. The quantitative estimate of drug-likeness (QED) is 0.623. The van der Waals surface area contributed by atoms with Crippen LogP contribution in [0.2, 0.25) is 0 Å². The highest BCUT2D eigenvalue weighted by Gasteiger charge is 2.40. The van der Waals surface area contributed by atoms with E-state index in [0.717, 1.165) is 9.80 Å². The summed E-state index contributed by atoms with van der Waals surface area (Å²) in [4.78, 5) is 46.2. The maximum atomic E-state index is 12.2. The summed E-state index contributed by atoms with van der Waals surface area (Å²) in [5.74, 6) is -1.54. The van der Waals surface area contributed by atoms with Gasteiger partial charge in [0.25, 0.3) is 5.91 Å². The first-order valence-electron chi connectivity index (χ1n) is 5.94. The minimum atomic E-state index is -1.04. The lowest BCUT2D eigenvalue weighted by molar-refractivity contribution is -0.137. The van der Waals surface area contributed by atoms with Gasteiger partial charge in [-0.05, 0) is 0 Å². The average molecular weight is 355 g/mol. The summed E-state index contributed by atoms with van der Waals surface area (Å²) in [6.07, 6.45) is 4.11. The molecule has 0 atom stereocenters. The summed E-state index contributed by atoms with van der Waals surface area (Å²) in [6, 6.07) is -0.559. The van der Waals surface area contributed by atoms with Crippen LogP contribution >= 0.6 is 15.9 Å². The molecule has 1 aromatic rings. The molecule has 1 aromatic heterocycles. The smallest absolute Gasteiger partial charge is 0.332 e. The summed E-state index contributed by atoms with van der Waals surface area (Å²) in [6.45, 7) is -0.0362. The third-order valence-corrected chi connectivity index (χ3v) is 3.26. The number of carbonyl (C=O) groups is 3. The number of aliphatic carboxylic acids is 1. The Morgan fingerprint density at radius 2 is 1.95 bits per heavy atom. The SMILES string of the molecule is O=C(O)CCN1C(=O)N(Cc2cncnc2)C(=O)/C1=C/Br. The first-order chi connectivity index (χ1) is 10.0. The van der Waals surface area contributed by atoms with Gasteiger partial charge >= 0.3 is 12.0 Å². The molecule has 1 saturated heterocycles. The maximum absolute atomic E-state index is 12.2. The largest absolute Gasteiger partial charge is 0.481 e. The molecule has 1 fully saturated rings. The summed E-state index contributed by atoms with van der Waals surface area (Å²) >= 11 is 3.03. The number of carbonyl (C=O) groups excluding carboxylic acids is 2. The van der Waals surface area contributed by atoms with Crippen molar-refractivity contribution in [2.45, 2.75) is 13.0 Å². The number of aromatic nitrogens is 2. The molecule has 1 aliphatic rings. The van der Waals surface area contributed by atoms with Crippen LogP contribution in [0.5, 0.6) is 0 Å². The average Bonchev–Trinajstić information content (AvgIpc) is 2.70. The lowest BCUT2D eigenvalue weighted by atomic mass is 10.3. The predicted molar refractivity (Wildman–Crippen MR) is 73.9 cm³/mol. The second kappa shape index (κ2) is 6.44. The number of halogens is 1. The number of urea groups is 1. The van der Waals surface area contributed by atoms with Crippen LogP contribution < -0.4 is 0 Å². The van der Waals surface area contributed by atoms with Gasteiger partial charge in [-0.3, -0.25) is 19.4 Å². The molecule has 0 spiro atoms. The Morgan fingerprint density at radius 1 is 1.29 bits per heavy atom. The van der Waals surface area contributed by atoms with Crippen LogP contribution in [0.4, 0.5) is 4.79 Å². The summed E-state index contributed by atoms with van der Waals surface area (Å²) < 4.78 is 0. The molecule has 1 aliphatic heterocycles. The molecule has 9 heteroatoms. The third-order valence-electron chi connectivity index (χ3n) is 2.82. The number of hydrogen-bond acceptors (Lipinski definition) is 5. The van der Waals surface area contributed by atoms with Gasteiger partial charge in [0.05, 0.1) is 13.0 Å². The van der Waals surface area contributed by atoms with Crippen molar-refractivity contribution < 1.29 is 19.5 Å². The number of nitrogens with zero attached hydrogens (tertiary/aromatic N) is 4. The number of amides is 3. The molecule has 0 unspecified atom stereocenters. The third kappa shape index (κ3) is 3.24. The minimum absolute atomic E-state index is 0.0341. The van der Waals surface area contributed by atoms with Gasteiger partial charge in [0.15, 0.2) is 0 Å². The predicted octanol–water partition coefficient (Wildman–Crippen LogP) is 0.952. The van der Waals surface area contributed by atoms with E-state index >= 15 is 0 Å². The van der Waals surface area contributed by atoms with Gasteiger partial charge < -0.3 is 5.11 Å². The highest BCUT2D eigenvalue weighted by molar-refractivity contribution is 9.11. The monoisotopic (exact) mass is 354 g/mol. The van der Waals surface area contributed by atoms with Crippen LogP contribution in [0.1, 0.15) is 12.0 Å². The van der Waals surface area contributed by atoms with Crippen molar-refractivity contribution in [2.24, 2.45) is 0 Å². The van der Waals surface area contributed by atoms with Gasteiger partial charge in [0.1, 0.15) is 12.0 Å². The van der Waals surface area contributed by atoms with Crippen LogP contribution in [0.25, 0.3) is 0 Å². The van der Waals surface area contributed by atoms with Crippen molar-refractivity contribution in [3.63, 3.8) is 0 Å². The lowest BCUT2D eigenvalue weighted by Gasteiger charge is -2.15. The van der Waals surface area contributed by atoms with Crippen LogP contribution in [0.15, 0.2) is 29.4 Å². The van der Waals surface area contributed by atoms with E-state index in [2.05, 4.69) is 25.9 Å². The van der Waals surface area contributed by atoms with Crippen LogP contribution in [-0.2, 0) is 16.1 Å². The van der Waals surface area contributed by atoms with Gasteiger partial charge in [-0.1, -0.05) is 15.9 Å². The van der Waals surface area contributed by atoms with Crippen molar-refractivity contribution in [1.29, 1.82) is 0 Å². The Hall–Kier alpha value is -2.29. The minimum Gasteiger partial charge on any atom is -0.481 e. The van der Waals surface area contributed by atoms with E-state index in [0.29, 0.717) is 5.56 Å².